The van der Waals surface area contributed by atoms with Gasteiger partial charge in [0.1, 0.15) is 6.07 Å². The van der Waals surface area contributed by atoms with Crippen molar-refractivity contribution in [3.8, 4) is 6.07 Å². The molecule has 0 radical (unpaired) electrons. The van der Waals surface area contributed by atoms with Gasteiger partial charge in [0.15, 0.2) is 5.89 Å². The zero-order valence-electron chi connectivity index (χ0n) is 10.2. The number of aryl methyl sites for hydroxylation is 2. The maximum atomic E-state index is 8.86. The largest absolute Gasteiger partial charge is 0.422 e. The number of nitrogens with zero attached hydrogens (tertiary/aromatic N) is 4. The zero-order chi connectivity index (χ0) is 13.1. The van der Waals surface area contributed by atoms with Crippen LogP contribution in [0.2, 0.25) is 0 Å². The molecule has 0 unspecified atom stereocenters. The standard InChI is InChI=1S/C11H11N5OS/c1-6-10(18-5-13-6)7(2)15-16-11-9(4-12)14-8(3)17-11/h5,16H,1-3H3/b15-7+. The van der Waals surface area contributed by atoms with E-state index in [1.54, 1.807) is 12.4 Å². The molecular formula is C11H11N5OS. The Kier molecular flexibility index (Phi) is 3.39. The van der Waals surface area contributed by atoms with Gasteiger partial charge in [-0.25, -0.2) is 15.4 Å². The summed E-state index contributed by atoms with van der Waals surface area (Å²) < 4.78 is 5.24. The highest BCUT2D eigenvalue weighted by Crippen LogP contribution is 2.17. The molecule has 7 heteroatoms. The maximum Gasteiger partial charge on any atom is 0.252 e. The third-order valence-electron chi connectivity index (χ3n) is 2.24. The van der Waals surface area contributed by atoms with Crippen LogP contribution >= 0.6 is 11.3 Å². The van der Waals surface area contributed by atoms with Crippen molar-refractivity contribution in [2.75, 3.05) is 5.43 Å². The molecule has 0 amide bonds. The van der Waals surface area contributed by atoms with E-state index in [4.69, 9.17) is 9.68 Å². The minimum atomic E-state index is 0.199. The van der Waals surface area contributed by atoms with Crippen molar-refractivity contribution in [3.63, 3.8) is 0 Å². The second kappa shape index (κ2) is 4.98. The van der Waals surface area contributed by atoms with Gasteiger partial charge in [0, 0.05) is 6.92 Å². The minimum Gasteiger partial charge on any atom is -0.422 e. The summed E-state index contributed by atoms with van der Waals surface area (Å²) in [6.07, 6.45) is 0. The SMILES string of the molecule is C/C(=N\Nc1oc(C)nc1C#N)c1scnc1C. The molecule has 0 aliphatic rings. The van der Waals surface area contributed by atoms with Gasteiger partial charge in [-0.2, -0.15) is 10.4 Å². The van der Waals surface area contributed by atoms with Crippen LogP contribution in [-0.2, 0) is 0 Å². The third-order valence-corrected chi connectivity index (χ3v) is 3.28. The summed E-state index contributed by atoms with van der Waals surface area (Å²) in [5.41, 5.74) is 6.39. The number of anilines is 1. The molecule has 0 saturated heterocycles. The van der Waals surface area contributed by atoms with E-state index in [0.717, 1.165) is 16.3 Å². The smallest absolute Gasteiger partial charge is 0.252 e. The number of hydrazone groups is 1. The van der Waals surface area contributed by atoms with Crippen LogP contribution in [-0.4, -0.2) is 15.7 Å². The molecule has 0 fully saturated rings. The van der Waals surface area contributed by atoms with Crippen molar-refractivity contribution in [1.82, 2.24) is 9.97 Å². The lowest BCUT2D eigenvalue weighted by Gasteiger charge is -1.99. The Morgan fingerprint density at radius 2 is 2.33 bits per heavy atom. The van der Waals surface area contributed by atoms with Crippen molar-refractivity contribution in [2.24, 2.45) is 5.10 Å². The highest BCUT2D eigenvalue weighted by Gasteiger charge is 2.10. The zero-order valence-corrected chi connectivity index (χ0v) is 11.0. The highest BCUT2D eigenvalue weighted by atomic mass is 32.1. The number of aromatic nitrogens is 2. The Bertz CT molecular complexity index is 634. The molecule has 2 heterocycles. The normalized spacial score (nSPS) is 11.3. The monoisotopic (exact) mass is 261 g/mol. The van der Waals surface area contributed by atoms with Gasteiger partial charge in [-0.3, -0.25) is 0 Å². The molecule has 0 atom stereocenters. The van der Waals surface area contributed by atoms with E-state index >= 15 is 0 Å². The molecule has 92 valence electrons. The summed E-state index contributed by atoms with van der Waals surface area (Å²) in [5, 5.41) is 13.0. The Balaban J connectivity index is 2.21. The number of hydrogen-bond donors (Lipinski definition) is 1. The van der Waals surface area contributed by atoms with E-state index < -0.39 is 0 Å². The first-order valence-corrected chi connectivity index (χ1v) is 6.08. The maximum absolute atomic E-state index is 8.86. The number of rotatable bonds is 3. The molecule has 1 N–H and O–H groups in total. The predicted molar refractivity (Wildman–Crippen MR) is 68.6 cm³/mol. The summed E-state index contributed by atoms with van der Waals surface area (Å²) in [7, 11) is 0. The number of hydrogen-bond acceptors (Lipinski definition) is 7. The summed E-state index contributed by atoms with van der Waals surface area (Å²) in [6, 6.07) is 1.94. The average Bonchev–Trinajstić information content (AvgIpc) is 2.92. The van der Waals surface area contributed by atoms with Crippen molar-refractivity contribution in [3.05, 3.63) is 27.7 Å². The first-order valence-electron chi connectivity index (χ1n) is 5.20. The summed E-state index contributed by atoms with van der Waals surface area (Å²) in [5.74, 6) is 0.687. The molecule has 0 bridgehead atoms. The summed E-state index contributed by atoms with van der Waals surface area (Å²) in [4.78, 5) is 9.07. The number of oxazole rings is 1. The molecule has 0 aliphatic carbocycles. The first-order chi connectivity index (χ1) is 8.61. The molecule has 0 aromatic carbocycles. The van der Waals surface area contributed by atoms with Crippen LogP contribution < -0.4 is 5.43 Å². The Morgan fingerprint density at radius 3 is 2.94 bits per heavy atom. The Hall–Kier alpha value is -2.20. The van der Waals surface area contributed by atoms with Crippen molar-refractivity contribution in [1.29, 1.82) is 5.26 Å². The van der Waals surface area contributed by atoms with Gasteiger partial charge < -0.3 is 4.42 Å². The third kappa shape index (κ3) is 2.38. The molecule has 2 rings (SSSR count). The molecule has 0 saturated carbocycles. The summed E-state index contributed by atoms with van der Waals surface area (Å²) in [6.45, 7) is 5.46. The Labute approximate surface area is 108 Å². The van der Waals surface area contributed by atoms with Crippen molar-refractivity contribution in [2.45, 2.75) is 20.8 Å². The predicted octanol–water partition coefficient (Wildman–Crippen LogP) is 2.46. The molecule has 0 aliphatic heterocycles. The fourth-order valence-electron chi connectivity index (χ4n) is 1.41. The van der Waals surface area contributed by atoms with Crippen LogP contribution in [0.4, 0.5) is 5.88 Å². The van der Waals surface area contributed by atoms with Gasteiger partial charge in [-0.15, -0.1) is 11.3 Å². The highest BCUT2D eigenvalue weighted by molar-refractivity contribution is 7.12. The van der Waals surface area contributed by atoms with Gasteiger partial charge in [0.25, 0.3) is 5.88 Å². The topological polar surface area (TPSA) is 87.1 Å². The molecular weight excluding hydrogens is 250 g/mol. The fraction of sp³-hybridized carbons (Fsp3) is 0.273. The van der Waals surface area contributed by atoms with E-state index in [2.05, 4.69) is 20.5 Å². The van der Waals surface area contributed by atoms with Crippen molar-refractivity contribution < 1.29 is 4.42 Å². The van der Waals surface area contributed by atoms with Crippen molar-refractivity contribution >= 4 is 22.9 Å². The van der Waals surface area contributed by atoms with E-state index in [1.807, 2.05) is 19.9 Å². The van der Waals surface area contributed by atoms with E-state index in [0.29, 0.717) is 5.89 Å². The van der Waals surface area contributed by atoms with E-state index in [9.17, 15) is 0 Å². The van der Waals surface area contributed by atoms with Crippen LogP contribution in [0.15, 0.2) is 15.0 Å². The minimum absolute atomic E-state index is 0.199. The average molecular weight is 261 g/mol. The fourth-order valence-corrected chi connectivity index (χ4v) is 2.17. The first kappa shape index (κ1) is 12.3. The summed E-state index contributed by atoms with van der Waals surface area (Å²) >= 11 is 1.51. The second-order valence-electron chi connectivity index (χ2n) is 3.60. The van der Waals surface area contributed by atoms with Crippen LogP contribution in [0.1, 0.15) is 29.1 Å². The lowest BCUT2D eigenvalue weighted by molar-refractivity contribution is 0.533. The quantitative estimate of drug-likeness (QED) is 0.677. The molecule has 0 spiro atoms. The van der Waals surface area contributed by atoms with Gasteiger partial charge >= 0.3 is 0 Å². The molecule has 6 nitrogen and oxygen atoms in total. The number of nitrogens with one attached hydrogen (secondary N) is 1. The van der Waals surface area contributed by atoms with Gasteiger partial charge in [0.05, 0.1) is 21.8 Å². The molecule has 2 aromatic rings. The van der Waals surface area contributed by atoms with Crippen LogP contribution in [0.25, 0.3) is 0 Å². The van der Waals surface area contributed by atoms with Crippen LogP contribution in [0.5, 0.6) is 0 Å². The van der Waals surface area contributed by atoms with Gasteiger partial charge in [-0.05, 0) is 13.8 Å². The Morgan fingerprint density at radius 1 is 1.56 bits per heavy atom. The lowest BCUT2D eigenvalue weighted by atomic mass is 10.3. The number of nitriles is 1. The van der Waals surface area contributed by atoms with Crippen LogP contribution in [0, 0.1) is 25.2 Å². The van der Waals surface area contributed by atoms with Crippen LogP contribution in [0.3, 0.4) is 0 Å². The van der Waals surface area contributed by atoms with E-state index in [-0.39, 0.29) is 11.6 Å². The lowest BCUT2D eigenvalue weighted by Crippen LogP contribution is -1.99. The number of thiazole rings is 1. The van der Waals surface area contributed by atoms with Gasteiger partial charge in [-0.1, -0.05) is 0 Å². The van der Waals surface area contributed by atoms with E-state index in [1.165, 1.54) is 11.3 Å². The van der Waals surface area contributed by atoms with Gasteiger partial charge in [0.2, 0.25) is 5.69 Å². The molecule has 2 aromatic heterocycles. The molecule has 18 heavy (non-hydrogen) atoms. The second-order valence-corrected chi connectivity index (χ2v) is 4.45.